The summed E-state index contributed by atoms with van der Waals surface area (Å²) in [7, 11) is -3.61. The maximum atomic E-state index is 17.0. The summed E-state index contributed by atoms with van der Waals surface area (Å²) in [6.07, 6.45) is -4.85. The lowest BCUT2D eigenvalue weighted by Gasteiger charge is -2.44. The number of para-hydroxylation sites is 1. The van der Waals surface area contributed by atoms with Gasteiger partial charge in [-0.3, -0.25) is 4.79 Å². The highest BCUT2D eigenvalue weighted by atomic mass is 35.5. The van der Waals surface area contributed by atoms with Crippen LogP contribution in [0, 0.1) is 5.92 Å². The normalized spacial score (nSPS) is 26.4. The van der Waals surface area contributed by atoms with E-state index < -0.39 is 56.1 Å². The first-order valence-corrected chi connectivity index (χ1v) is 16.2. The van der Waals surface area contributed by atoms with E-state index in [1.165, 1.54) is 44.9 Å². The van der Waals surface area contributed by atoms with E-state index in [0.29, 0.717) is 11.0 Å². The predicted molar refractivity (Wildman–Crippen MR) is 159 cm³/mol. The number of ether oxygens (including phenoxy) is 1. The summed E-state index contributed by atoms with van der Waals surface area (Å²) in [6, 6.07) is 6.86. The highest BCUT2D eigenvalue weighted by Gasteiger charge is 2.55. The van der Waals surface area contributed by atoms with Gasteiger partial charge in [0, 0.05) is 30.3 Å². The van der Waals surface area contributed by atoms with Crippen molar-refractivity contribution in [1.29, 1.82) is 0 Å². The van der Waals surface area contributed by atoms with Crippen LogP contribution in [0.4, 0.5) is 23.4 Å². The molecule has 3 aromatic heterocycles. The van der Waals surface area contributed by atoms with Crippen molar-refractivity contribution in [3.8, 4) is 5.88 Å². The molecule has 240 valence electrons. The summed E-state index contributed by atoms with van der Waals surface area (Å²) in [5, 5.41) is 0.457. The minimum Gasteiger partial charge on any atom is -0.472 e. The van der Waals surface area contributed by atoms with E-state index in [9.17, 15) is 26.4 Å². The van der Waals surface area contributed by atoms with Crippen molar-refractivity contribution in [3.05, 3.63) is 52.9 Å². The molecule has 0 amide bonds. The Balaban J connectivity index is 1.41. The number of ketones is 1. The van der Waals surface area contributed by atoms with E-state index >= 15 is 4.39 Å². The van der Waals surface area contributed by atoms with Gasteiger partial charge in [0.1, 0.15) is 22.9 Å². The van der Waals surface area contributed by atoms with Gasteiger partial charge in [-0.05, 0) is 39.0 Å². The zero-order valence-corrected chi connectivity index (χ0v) is 26.2. The van der Waals surface area contributed by atoms with E-state index in [2.05, 4.69) is 15.0 Å². The Morgan fingerprint density at radius 2 is 1.91 bits per heavy atom. The summed E-state index contributed by atoms with van der Waals surface area (Å²) in [5.41, 5.74) is -2.01. The second-order valence-corrected chi connectivity index (χ2v) is 15.5. The van der Waals surface area contributed by atoms with Gasteiger partial charge in [0.25, 0.3) is 0 Å². The molecular formula is C30H29ClF4N4O5S. The number of anilines is 1. The van der Waals surface area contributed by atoms with Gasteiger partial charge in [-0.15, -0.1) is 0 Å². The van der Waals surface area contributed by atoms with Crippen LogP contribution >= 0.6 is 11.6 Å². The van der Waals surface area contributed by atoms with Crippen LogP contribution in [0.2, 0.25) is 5.02 Å². The summed E-state index contributed by atoms with van der Waals surface area (Å²) in [4.78, 5) is 26.0. The van der Waals surface area contributed by atoms with Crippen LogP contribution in [0.25, 0.3) is 22.1 Å². The molecule has 0 N–H and O–H groups in total. The largest absolute Gasteiger partial charge is 0.472 e. The molecule has 2 aliphatic rings. The maximum Gasteiger partial charge on any atom is 0.451 e. The average Bonchev–Trinajstić information content (AvgIpc) is 3.53. The van der Waals surface area contributed by atoms with Crippen molar-refractivity contribution in [2.45, 2.75) is 69.3 Å². The number of aromatic nitrogens is 3. The molecule has 0 aliphatic carbocycles. The summed E-state index contributed by atoms with van der Waals surface area (Å²) < 4.78 is 95.2. The predicted octanol–water partition coefficient (Wildman–Crippen LogP) is 6.46. The number of alkyl halides is 4. The molecule has 1 aromatic carbocycles. The smallest absolute Gasteiger partial charge is 0.451 e. The Labute approximate surface area is 260 Å². The van der Waals surface area contributed by atoms with Gasteiger partial charge in [0.15, 0.2) is 27.0 Å². The zero-order chi connectivity index (χ0) is 32.7. The molecule has 0 radical (unpaired) electrons. The number of benzene rings is 1. The van der Waals surface area contributed by atoms with Gasteiger partial charge in [-0.2, -0.15) is 13.2 Å². The standard InChI is InChI=1S/C30H29ClF4N4O5S/c1-15-13-45(41,42)28(3,4)14-29(15,32)20-9-17(31)11-36-26(20)43-18-10-21(16(2)40)39(12-18)25-24-23(37-27(38-25)30(33,34)35)19-7-5-6-8-22(19)44-24/h5-9,11,15,18,21H,10,12-14H2,1-4H3/t15-,18-,21-,29+/m0/s1. The number of fused-ring (bicyclic) bond motifs is 3. The summed E-state index contributed by atoms with van der Waals surface area (Å²) in [5.74, 6) is -3.51. The third-order valence-electron chi connectivity index (χ3n) is 8.78. The van der Waals surface area contributed by atoms with Crippen LogP contribution in [0.5, 0.6) is 5.88 Å². The first kappa shape index (κ1) is 31.5. The van der Waals surface area contributed by atoms with Gasteiger partial charge in [0.2, 0.25) is 11.7 Å². The van der Waals surface area contributed by atoms with Crippen molar-refractivity contribution in [2.75, 3.05) is 17.2 Å². The van der Waals surface area contributed by atoms with Gasteiger partial charge in [0.05, 0.1) is 33.7 Å². The van der Waals surface area contributed by atoms with Gasteiger partial charge in [-0.1, -0.05) is 30.7 Å². The van der Waals surface area contributed by atoms with E-state index in [1.54, 1.807) is 24.3 Å². The van der Waals surface area contributed by atoms with Crippen LogP contribution in [-0.2, 0) is 26.5 Å². The first-order valence-electron chi connectivity index (χ1n) is 14.2. The molecule has 9 nitrogen and oxygen atoms in total. The topological polar surface area (TPSA) is 115 Å². The van der Waals surface area contributed by atoms with E-state index in [1.807, 2.05) is 0 Å². The fourth-order valence-electron chi connectivity index (χ4n) is 6.33. The Hall–Kier alpha value is -3.52. The lowest BCUT2D eigenvalue weighted by molar-refractivity contribution is -0.144. The van der Waals surface area contributed by atoms with Crippen LogP contribution in [0.3, 0.4) is 0 Å². The molecule has 0 unspecified atom stereocenters. The molecule has 15 heteroatoms. The number of rotatable bonds is 5. The van der Waals surface area contributed by atoms with Crippen LogP contribution in [-0.4, -0.2) is 58.3 Å². The second kappa shape index (κ2) is 10.5. The third kappa shape index (κ3) is 5.29. The van der Waals surface area contributed by atoms with Crippen LogP contribution in [0.15, 0.2) is 40.9 Å². The van der Waals surface area contributed by atoms with Crippen molar-refractivity contribution in [1.82, 2.24) is 15.0 Å². The molecule has 2 fully saturated rings. The average molecular weight is 669 g/mol. The number of carbonyl (C=O) groups excluding carboxylic acids is 1. The fourth-order valence-corrected chi connectivity index (χ4v) is 8.29. The number of sulfone groups is 1. The number of Topliss-reactive ketones (excluding diaryl/α,β-unsaturated/α-hetero) is 1. The Morgan fingerprint density at radius 1 is 1.20 bits per heavy atom. The maximum absolute atomic E-state index is 17.0. The monoisotopic (exact) mass is 668 g/mol. The zero-order valence-electron chi connectivity index (χ0n) is 24.7. The van der Waals surface area contributed by atoms with Crippen LogP contribution in [0.1, 0.15) is 51.9 Å². The number of furan rings is 1. The number of pyridine rings is 1. The molecule has 2 saturated heterocycles. The molecular weight excluding hydrogens is 640 g/mol. The molecule has 4 atom stereocenters. The lowest BCUT2D eigenvalue weighted by Crippen LogP contribution is -2.51. The van der Waals surface area contributed by atoms with Crippen LogP contribution < -0.4 is 9.64 Å². The van der Waals surface area contributed by atoms with Crippen molar-refractivity contribution < 1.29 is 39.9 Å². The molecule has 45 heavy (non-hydrogen) atoms. The highest BCUT2D eigenvalue weighted by molar-refractivity contribution is 7.92. The SMILES string of the molecule is CC(=O)[C@@H]1C[C@H](Oc2ncc(Cl)cc2[C@@]2(F)CC(C)(C)S(=O)(=O)C[C@@H]2C)CN1c1nc(C(F)(F)F)nc2c1oc1ccccc12. The number of hydrogen-bond acceptors (Lipinski definition) is 9. The number of nitrogens with zero attached hydrogens (tertiary/aromatic N) is 4. The Morgan fingerprint density at radius 3 is 2.60 bits per heavy atom. The second-order valence-electron chi connectivity index (χ2n) is 12.4. The molecule has 0 saturated carbocycles. The van der Waals surface area contributed by atoms with E-state index in [4.69, 9.17) is 20.8 Å². The van der Waals surface area contributed by atoms with Gasteiger partial charge < -0.3 is 14.1 Å². The number of halogens is 5. The third-order valence-corrected chi connectivity index (χ3v) is 11.8. The van der Waals surface area contributed by atoms with Gasteiger partial charge in [-0.25, -0.2) is 27.8 Å². The highest BCUT2D eigenvalue weighted by Crippen LogP contribution is 2.51. The minimum atomic E-state index is -4.89. The quantitative estimate of drug-likeness (QED) is 0.221. The lowest BCUT2D eigenvalue weighted by atomic mass is 9.78. The van der Waals surface area contributed by atoms with Crippen molar-refractivity contribution in [3.63, 3.8) is 0 Å². The van der Waals surface area contributed by atoms with Gasteiger partial charge >= 0.3 is 6.18 Å². The molecule has 4 aromatic rings. The molecule has 0 bridgehead atoms. The van der Waals surface area contributed by atoms with E-state index in [-0.39, 0.29) is 58.6 Å². The van der Waals surface area contributed by atoms with Crippen molar-refractivity contribution >= 4 is 55.1 Å². The molecule has 0 spiro atoms. The fraction of sp³-hybridized carbons (Fsp3) is 0.467. The number of hydrogen-bond donors (Lipinski definition) is 0. The number of carbonyl (C=O) groups is 1. The Bertz CT molecular complexity index is 1950. The summed E-state index contributed by atoms with van der Waals surface area (Å²) in [6.45, 7) is 5.60. The molecule has 5 heterocycles. The minimum absolute atomic E-state index is 0.0147. The summed E-state index contributed by atoms with van der Waals surface area (Å²) >= 11 is 6.23. The first-order chi connectivity index (χ1) is 20.9. The molecule has 6 rings (SSSR count). The Kier molecular flexibility index (Phi) is 7.35. The molecule has 2 aliphatic heterocycles. The van der Waals surface area contributed by atoms with Crippen molar-refractivity contribution in [2.24, 2.45) is 5.92 Å². The van der Waals surface area contributed by atoms with E-state index in [0.717, 1.165) is 0 Å².